The Hall–Kier alpha value is -2.05. The number of rotatable bonds is 6. The third-order valence-electron chi connectivity index (χ3n) is 5.44. The normalized spacial score (nSPS) is 21.1. The van der Waals surface area contributed by atoms with Crippen molar-refractivity contribution in [3.05, 3.63) is 18.2 Å². The average molecular weight is 347 g/mol. The molecule has 1 aromatic rings. The first-order valence-corrected chi connectivity index (χ1v) is 9.36. The topological polar surface area (TPSA) is 70.5 Å². The van der Waals surface area contributed by atoms with Gasteiger partial charge < -0.3 is 19.7 Å². The summed E-state index contributed by atoms with van der Waals surface area (Å²) >= 11 is 0. The van der Waals surface area contributed by atoms with Crippen LogP contribution in [-0.2, 0) is 17.9 Å². The minimum atomic E-state index is -0.101. The molecule has 2 aliphatic rings. The maximum atomic E-state index is 12.3. The lowest BCUT2D eigenvalue weighted by Crippen LogP contribution is -2.40. The molecule has 3 rings (SSSR count). The van der Waals surface area contributed by atoms with Gasteiger partial charge in [-0.2, -0.15) is 0 Å². The van der Waals surface area contributed by atoms with E-state index >= 15 is 0 Å². The molecule has 1 aromatic heterocycles. The molecule has 3 amide bonds. The second-order valence-electron chi connectivity index (χ2n) is 7.26. The van der Waals surface area contributed by atoms with Gasteiger partial charge in [0, 0.05) is 51.3 Å². The molecule has 1 atom stereocenters. The highest BCUT2D eigenvalue weighted by Crippen LogP contribution is 2.29. The summed E-state index contributed by atoms with van der Waals surface area (Å²) in [6.45, 7) is 4.76. The first-order chi connectivity index (χ1) is 12.1. The molecule has 0 spiro atoms. The first-order valence-electron chi connectivity index (χ1n) is 9.36. The Morgan fingerprint density at radius 3 is 2.88 bits per heavy atom. The number of amides is 3. The Morgan fingerprint density at radius 2 is 2.16 bits per heavy atom. The van der Waals surface area contributed by atoms with E-state index in [4.69, 9.17) is 0 Å². The molecule has 1 saturated carbocycles. The quantitative estimate of drug-likeness (QED) is 0.853. The summed E-state index contributed by atoms with van der Waals surface area (Å²) in [6.07, 6.45) is 8.86. The van der Waals surface area contributed by atoms with Gasteiger partial charge in [-0.1, -0.05) is 12.8 Å². The van der Waals surface area contributed by atoms with E-state index in [1.807, 2.05) is 11.5 Å². The minimum absolute atomic E-state index is 0.101. The van der Waals surface area contributed by atoms with Gasteiger partial charge in [-0.15, -0.1) is 0 Å². The molecule has 25 heavy (non-hydrogen) atoms. The van der Waals surface area contributed by atoms with Gasteiger partial charge in [-0.3, -0.25) is 4.79 Å². The molecule has 0 bridgehead atoms. The summed E-state index contributed by atoms with van der Waals surface area (Å²) in [5.74, 6) is 0.502. The third-order valence-corrected chi connectivity index (χ3v) is 5.44. The third kappa shape index (κ3) is 4.14. The zero-order chi connectivity index (χ0) is 17.8. The lowest BCUT2D eigenvalue weighted by atomic mass is 10.1. The number of carbonyl (C=O) groups is 2. The molecule has 7 nitrogen and oxygen atoms in total. The molecule has 0 aromatic carbocycles. The molecule has 2 heterocycles. The van der Waals surface area contributed by atoms with Crippen LogP contribution >= 0.6 is 0 Å². The van der Waals surface area contributed by atoms with Crippen LogP contribution in [0.4, 0.5) is 4.79 Å². The van der Waals surface area contributed by atoms with Gasteiger partial charge >= 0.3 is 6.03 Å². The number of imidazole rings is 1. The van der Waals surface area contributed by atoms with E-state index in [0.717, 1.165) is 31.6 Å². The van der Waals surface area contributed by atoms with Crippen molar-refractivity contribution in [1.29, 1.82) is 0 Å². The van der Waals surface area contributed by atoms with Crippen LogP contribution in [0.1, 0.15) is 44.7 Å². The lowest BCUT2D eigenvalue weighted by molar-refractivity contribution is -0.129. The number of likely N-dealkylation sites (tertiary alicyclic amines) is 1. The van der Waals surface area contributed by atoms with E-state index in [9.17, 15) is 9.59 Å². The van der Waals surface area contributed by atoms with Crippen molar-refractivity contribution in [2.75, 3.05) is 20.1 Å². The predicted octanol–water partition coefficient (Wildman–Crippen LogP) is 1.84. The minimum Gasteiger partial charge on any atom is -0.339 e. The Bertz CT molecular complexity index is 608. The molecule has 1 saturated heterocycles. The van der Waals surface area contributed by atoms with Crippen molar-refractivity contribution in [2.24, 2.45) is 5.92 Å². The van der Waals surface area contributed by atoms with Crippen LogP contribution in [0, 0.1) is 5.92 Å². The van der Waals surface area contributed by atoms with E-state index in [1.165, 1.54) is 12.8 Å². The standard InChI is InChI=1S/C18H29N5O2/c1-3-22-13-19-9-16(22)10-20-18(25)21(2)11-14-8-17(24)23(12-14)15-6-4-5-7-15/h9,13-15H,3-8,10-12H2,1-2H3,(H,20,25)/t14-/m1/s1. The van der Waals surface area contributed by atoms with Crippen molar-refractivity contribution in [3.63, 3.8) is 0 Å². The van der Waals surface area contributed by atoms with Gasteiger partial charge in [-0.05, 0) is 19.8 Å². The second kappa shape index (κ2) is 7.89. The molecule has 1 aliphatic heterocycles. The van der Waals surface area contributed by atoms with Crippen LogP contribution in [0.5, 0.6) is 0 Å². The van der Waals surface area contributed by atoms with Gasteiger partial charge in [-0.25, -0.2) is 9.78 Å². The molecular weight excluding hydrogens is 318 g/mol. The van der Waals surface area contributed by atoms with E-state index in [-0.39, 0.29) is 17.9 Å². The molecule has 0 radical (unpaired) electrons. The van der Waals surface area contributed by atoms with Crippen LogP contribution in [0.15, 0.2) is 12.5 Å². The van der Waals surface area contributed by atoms with Crippen molar-refractivity contribution in [3.8, 4) is 0 Å². The number of hydrogen-bond acceptors (Lipinski definition) is 3. The second-order valence-corrected chi connectivity index (χ2v) is 7.26. The van der Waals surface area contributed by atoms with Crippen LogP contribution < -0.4 is 5.32 Å². The van der Waals surface area contributed by atoms with E-state index in [0.29, 0.717) is 25.6 Å². The number of aryl methyl sites for hydroxylation is 1. The van der Waals surface area contributed by atoms with Crippen molar-refractivity contribution in [2.45, 2.75) is 58.2 Å². The molecule has 1 aliphatic carbocycles. The molecule has 2 fully saturated rings. The van der Waals surface area contributed by atoms with Gasteiger partial charge in [0.25, 0.3) is 0 Å². The SMILES string of the molecule is CCn1cncc1CNC(=O)N(C)C[C@H]1CC(=O)N(C2CCCC2)C1. The van der Waals surface area contributed by atoms with E-state index in [1.54, 1.807) is 24.5 Å². The summed E-state index contributed by atoms with van der Waals surface area (Å²) in [6, 6.07) is 0.335. The fraction of sp³-hybridized carbons (Fsp3) is 0.722. The van der Waals surface area contributed by atoms with E-state index in [2.05, 4.69) is 15.2 Å². The highest BCUT2D eigenvalue weighted by Gasteiger charge is 2.36. The Morgan fingerprint density at radius 1 is 1.40 bits per heavy atom. The van der Waals surface area contributed by atoms with Gasteiger partial charge in [0.05, 0.1) is 18.6 Å². The fourth-order valence-corrected chi connectivity index (χ4v) is 4.05. The highest BCUT2D eigenvalue weighted by molar-refractivity contribution is 5.79. The van der Waals surface area contributed by atoms with Crippen LogP contribution in [0.2, 0.25) is 0 Å². The molecule has 0 unspecified atom stereocenters. The molecule has 138 valence electrons. The van der Waals surface area contributed by atoms with Gasteiger partial charge in [0.1, 0.15) is 0 Å². The fourth-order valence-electron chi connectivity index (χ4n) is 4.05. The van der Waals surface area contributed by atoms with Gasteiger partial charge in [0.2, 0.25) is 5.91 Å². The monoisotopic (exact) mass is 347 g/mol. The zero-order valence-electron chi connectivity index (χ0n) is 15.3. The van der Waals surface area contributed by atoms with Gasteiger partial charge in [0.15, 0.2) is 0 Å². The number of nitrogens with one attached hydrogen (secondary N) is 1. The summed E-state index contributed by atoms with van der Waals surface area (Å²) < 4.78 is 2.01. The molecular formula is C18H29N5O2. The summed E-state index contributed by atoms with van der Waals surface area (Å²) in [5, 5.41) is 2.94. The molecule has 7 heteroatoms. The lowest BCUT2D eigenvalue weighted by Gasteiger charge is -2.25. The van der Waals surface area contributed by atoms with Crippen molar-refractivity contribution in [1.82, 2.24) is 24.7 Å². The Labute approximate surface area is 149 Å². The Kier molecular flexibility index (Phi) is 5.60. The Balaban J connectivity index is 1.46. The summed E-state index contributed by atoms with van der Waals surface area (Å²) in [5.41, 5.74) is 0.993. The number of aromatic nitrogens is 2. The predicted molar refractivity (Wildman–Crippen MR) is 94.8 cm³/mol. The average Bonchev–Trinajstić information content (AvgIpc) is 3.33. The van der Waals surface area contributed by atoms with Crippen molar-refractivity contribution < 1.29 is 9.59 Å². The maximum absolute atomic E-state index is 12.3. The van der Waals surface area contributed by atoms with Crippen molar-refractivity contribution >= 4 is 11.9 Å². The van der Waals surface area contributed by atoms with Crippen LogP contribution in [-0.4, -0.2) is 57.5 Å². The first kappa shape index (κ1) is 17.8. The highest BCUT2D eigenvalue weighted by atomic mass is 16.2. The maximum Gasteiger partial charge on any atom is 0.317 e. The number of hydrogen-bond donors (Lipinski definition) is 1. The number of urea groups is 1. The largest absolute Gasteiger partial charge is 0.339 e. The summed E-state index contributed by atoms with van der Waals surface area (Å²) in [4.78, 5) is 32.5. The van der Waals surface area contributed by atoms with Crippen LogP contribution in [0.25, 0.3) is 0 Å². The smallest absolute Gasteiger partial charge is 0.317 e. The summed E-state index contributed by atoms with van der Waals surface area (Å²) in [7, 11) is 1.80. The van der Waals surface area contributed by atoms with E-state index < -0.39 is 0 Å². The molecule has 1 N–H and O–H groups in total. The number of nitrogens with zero attached hydrogens (tertiary/aromatic N) is 4. The van der Waals surface area contributed by atoms with Crippen LogP contribution in [0.3, 0.4) is 0 Å². The zero-order valence-corrected chi connectivity index (χ0v) is 15.3. The number of carbonyl (C=O) groups excluding carboxylic acids is 2.